The van der Waals surface area contributed by atoms with Crippen molar-refractivity contribution in [3.8, 4) is 11.5 Å². The molecule has 3 rings (SSSR count). The highest BCUT2D eigenvalue weighted by molar-refractivity contribution is 5.40. The molecule has 32 heavy (non-hydrogen) atoms. The highest BCUT2D eigenvalue weighted by Gasteiger charge is 2.47. The molecule has 2 aliphatic heterocycles. The molecule has 2 aliphatic rings. The molecule has 0 amide bonds. The summed E-state index contributed by atoms with van der Waals surface area (Å²) in [6.07, 6.45) is -15.1. The predicted molar refractivity (Wildman–Crippen MR) is 101 cm³/mol. The lowest BCUT2D eigenvalue weighted by Crippen LogP contribution is -2.61. The van der Waals surface area contributed by atoms with Crippen LogP contribution in [-0.2, 0) is 25.6 Å². The minimum atomic E-state index is -1.68. The van der Waals surface area contributed by atoms with Gasteiger partial charge in [-0.3, -0.25) is 0 Å². The Bertz CT molecular complexity index is 746. The predicted octanol–water partition coefficient (Wildman–Crippen LogP) is -3.76. The smallest absolute Gasteiger partial charge is 0.187 e. The number of hydrogen-bond acceptors (Lipinski definition) is 13. The van der Waals surface area contributed by atoms with E-state index in [1.807, 2.05) is 0 Å². The van der Waals surface area contributed by atoms with Crippen molar-refractivity contribution in [3.05, 3.63) is 23.8 Å². The average molecular weight is 464 g/mol. The maximum atomic E-state index is 10.2. The fourth-order valence-electron chi connectivity index (χ4n) is 3.42. The zero-order valence-electron chi connectivity index (χ0n) is 16.8. The fraction of sp³-hybridized carbons (Fsp3) is 0.684. The van der Waals surface area contributed by atoms with E-state index in [0.717, 1.165) is 0 Å². The molecule has 13 nitrogen and oxygen atoms in total. The zero-order chi connectivity index (χ0) is 23.6. The largest absolute Gasteiger partial charge is 0.504 e. The topological polar surface area (TPSA) is 219 Å². The number of phenols is 2. The third-order valence-corrected chi connectivity index (χ3v) is 5.40. The molecule has 2 fully saturated rings. The lowest BCUT2D eigenvalue weighted by Gasteiger charge is -2.42. The number of aromatic hydroxyl groups is 2. The van der Waals surface area contributed by atoms with Crippen LogP contribution < -0.4 is 0 Å². The van der Waals surface area contributed by atoms with E-state index in [0.29, 0.717) is 5.56 Å². The van der Waals surface area contributed by atoms with Gasteiger partial charge in [0.05, 0.1) is 19.8 Å². The highest BCUT2D eigenvalue weighted by Crippen LogP contribution is 2.28. The Labute approximate surface area is 182 Å². The van der Waals surface area contributed by atoms with Gasteiger partial charge in [-0.1, -0.05) is 6.07 Å². The average Bonchev–Trinajstić information content (AvgIpc) is 2.78. The molecule has 1 aromatic rings. The number of aliphatic hydroxyl groups is 7. The van der Waals surface area contributed by atoms with Crippen molar-refractivity contribution in [1.29, 1.82) is 0 Å². The third-order valence-electron chi connectivity index (χ3n) is 5.40. The molecule has 182 valence electrons. The fourth-order valence-corrected chi connectivity index (χ4v) is 3.42. The molecule has 0 bridgehead atoms. The van der Waals surface area contributed by atoms with Crippen LogP contribution in [0.4, 0.5) is 0 Å². The summed E-state index contributed by atoms with van der Waals surface area (Å²) < 4.78 is 21.4. The van der Waals surface area contributed by atoms with Gasteiger partial charge in [0.25, 0.3) is 0 Å². The minimum absolute atomic E-state index is 0.182. The molecule has 10 atom stereocenters. The molecule has 2 saturated heterocycles. The number of rotatable bonds is 7. The van der Waals surface area contributed by atoms with Crippen LogP contribution >= 0.6 is 0 Å². The van der Waals surface area contributed by atoms with Crippen molar-refractivity contribution in [1.82, 2.24) is 0 Å². The first-order chi connectivity index (χ1) is 15.1. The van der Waals surface area contributed by atoms with Crippen LogP contribution in [0.2, 0.25) is 0 Å². The number of aliphatic hydroxyl groups excluding tert-OH is 7. The van der Waals surface area contributed by atoms with E-state index in [1.165, 1.54) is 18.2 Å². The Morgan fingerprint density at radius 1 is 0.688 bits per heavy atom. The number of ether oxygens (including phenoxy) is 4. The van der Waals surface area contributed by atoms with Crippen molar-refractivity contribution in [2.75, 3.05) is 13.2 Å². The Balaban J connectivity index is 1.60. The molecule has 0 aliphatic carbocycles. The summed E-state index contributed by atoms with van der Waals surface area (Å²) in [4.78, 5) is 0. The van der Waals surface area contributed by atoms with E-state index in [-0.39, 0.29) is 18.1 Å². The van der Waals surface area contributed by atoms with Gasteiger partial charge in [-0.05, 0) is 17.7 Å². The molecule has 13 heteroatoms. The maximum absolute atomic E-state index is 10.2. The van der Waals surface area contributed by atoms with Crippen molar-refractivity contribution in [2.24, 2.45) is 0 Å². The monoisotopic (exact) mass is 464 g/mol. The molecule has 9 N–H and O–H groups in total. The van der Waals surface area contributed by atoms with Crippen LogP contribution in [0.5, 0.6) is 11.5 Å². The quantitative estimate of drug-likeness (QED) is 0.177. The summed E-state index contributed by atoms with van der Waals surface area (Å²) in [5, 5.41) is 88.2. The van der Waals surface area contributed by atoms with E-state index in [2.05, 4.69) is 0 Å². The summed E-state index contributed by atoms with van der Waals surface area (Å²) >= 11 is 0. The first-order valence-electron chi connectivity index (χ1n) is 9.88. The number of hydrogen-bond donors (Lipinski definition) is 9. The summed E-state index contributed by atoms with van der Waals surface area (Å²) in [6, 6.07) is 3.92. The first-order valence-corrected chi connectivity index (χ1v) is 9.88. The molecular weight excluding hydrogens is 436 g/mol. The molecule has 0 unspecified atom stereocenters. The van der Waals surface area contributed by atoms with Gasteiger partial charge in [0.1, 0.15) is 48.8 Å². The van der Waals surface area contributed by atoms with Crippen LogP contribution in [0.3, 0.4) is 0 Å². The van der Waals surface area contributed by atoms with Gasteiger partial charge in [-0.15, -0.1) is 0 Å². The normalized spacial score (nSPS) is 40.3. The van der Waals surface area contributed by atoms with E-state index in [1.54, 1.807) is 0 Å². The van der Waals surface area contributed by atoms with E-state index >= 15 is 0 Å². The second-order valence-electron chi connectivity index (χ2n) is 7.68. The molecule has 0 aromatic heterocycles. The SMILES string of the molecule is OC[C@H]1O[C@@H](OC[C@H]2O[C@@H](OCc3ccc(O)c(O)c3)[C@H](O)[C@@H](O)[C@@H]2O)[C@H](O)[C@@H](O)[C@@H]1O. The zero-order valence-corrected chi connectivity index (χ0v) is 16.8. The second kappa shape index (κ2) is 10.5. The van der Waals surface area contributed by atoms with Crippen LogP contribution in [0.15, 0.2) is 18.2 Å². The molecule has 0 saturated carbocycles. The van der Waals surface area contributed by atoms with Gasteiger partial charge >= 0.3 is 0 Å². The van der Waals surface area contributed by atoms with Gasteiger partial charge in [0.15, 0.2) is 24.1 Å². The van der Waals surface area contributed by atoms with Gasteiger partial charge in [0.2, 0.25) is 0 Å². The second-order valence-corrected chi connectivity index (χ2v) is 7.68. The number of benzene rings is 1. The highest BCUT2D eigenvalue weighted by atomic mass is 16.7. The lowest BCUT2D eigenvalue weighted by atomic mass is 9.98. The lowest BCUT2D eigenvalue weighted by molar-refractivity contribution is -0.332. The Hall–Kier alpha value is -1.62. The van der Waals surface area contributed by atoms with E-state index in [9.17, 15) is 46.0 Å². The van der Waals surface area contributed by atoms with Gasteiger partial charge in [-0.2, -0.15) is 0 Å². The van der Waals surface area contributed by atoms with Crippen molar-refractivity contribution < 1.29 is 64.9 Å². The minimum Gasteiger partial charge on any atom is -0.504 e. The Morgan fingerprint density at radius 2 is 1.25 bits per heavy atom. The van der Waals surface area contributed by atoms with Crippen LogP contribution in [0, 0.1) is 0 Å². The summed E-state index contributed by atoms with van der Waals surface area (Å²) in [7, 11) is 0. The van der Waals surface area contributed by atoms with Gasteiger partial charge < -0.3 is 64.9 Å². The molecule has 0 spiro atoms. The van der Waals surface area contributed by atoms with Crippen LogP contribution in [0.1, 0.15) is 5.56 Å². The third kappa shape index (κ3) is 5.30. The Kier molecular flexibility index (Phi) is 8.24. The van der Waals surface area contributed by atoms with Crippen LogP contribution in [-0.4, -0.2) is 121 Å². The van der Waals surface area contributed by atoms with E-state index < -0.39 is 74.6 Å². The van der Waals surface area contributed by atoms with Crippen molar-refractivity contribution in [3.63, 3.8) is 0 Å². The molecule has 2 heterocycles. The first kappa shape index (κ1) is 25.0. The summed E-state index contributed by atoms with van der Waals surface area (Å²) in [6.45, 7) is -1.31. The summed E-state index contributed by atoms with van der Waals surface area (Å²) in [5.74, 6) is -0.705. The summed E-state index contributed by atoms with van der Waals surface area (Å²) in [5.41, 5.74) is 0.422. The number of phenolic OH excluding ortho intramolecular Hbond substituents is 2. The Morgan fingerprint density at radius 3 is 1.84 bits per heavy atom. The standard InChI is InChI=1S/C19H28O13/c20-4-10-12(23)14(25)16(27)19(31-10)30-6-11-13(24)15(26)17(28)18(32-11)29-5-7-1-2-8(21)9(22)3-7/h1-3,10-28H,4-6H2/t10-,11-,12-,13-,14+,15+,16-,17-,18-,19-/m1/s1. The molecule has 1 aromatic carbocycles. The van der Waals surface area contributed by atoms with Crippen LogP contribution in [0.25, 0.3) is 0 Å². The van der Waals surface area contributed by atoms with Gasteiger partial charge in [-0.25, -0.2) is 0 Å². The molecular formula is C19H28O13. The van der Waals surface area contributed by atoms with E-state index in [4.69, 9.17) is 18.9 Å². The molecule has 0 radical (unpaired) electrons. The maximum Gasteiger partial charge on any atom is 0.187 e. The van der Waals surface area contributed by atoms with Crippen molar-refractivity contribution in [2.45, 2.75) is 68.0 Å². The van der Waals surface area contributed by atoms with Gasteiger partial charge in [0, 0.05) is 0 Å². The van der Waals surface area contributed by atoms with Crippen molar-refractivity contribution >= 4 is 0 Å².